The Bertz CT molecular complexity index is 318. The van der Waals surface area contributed by atoms with Crippen LogP contribution >= 0.6 is 0 Å². The zero-order valence-electron chi connectivity index (χ0n) is 9.69. The minimum absolute atomic E-state index is 0.658. The minimum atomic E-state index is 0.658. The average molecular weight is 204 g/mol. The van der Waals surface area contributed by atoms with E-state index in [1.807, 2.05) is 0 Å². The third kappa shape index (κ3) is 1.35. The molecule has 3 unspecified atom stereocenters. The van der Waals surface area contributed by atoms with Crippen molar-refractivity contribution in [2.45, 2.75) is 31.3 Å². The second kappa shape index (κ2) is 3.38. The van der Waals surface area contributed by atoms with E-state index in [0.717, 1.165) is 12.0 Å². The van der Waals surface area contributed by atoms with Crippen LogP contribution in [-0.2, 0) is 0 Å². The Morgan fingerprint density at radius 1 is 1.33 bits per heavy atom. The van der Waals surface area contributed by atoms with Crippen LogP contribution in [0.15, 0.2) is 23.9 Å². The summed E-state index contributed by atoms with van der Waals surface area (Å²) < 4.78 is 0. The van der Waals surface area contributed by atoms with E-state index in [1.165, 1.54) is 25.8 Å². The molecule has 1 aliphatic carbocycles. The predicted molar refractivity (Wildman–Crippen MR) is 62.5 cm³/mol. The number of hydrogen-bond donors (Lipinski definition) is 0. The van der Waals surface area contributed by atoms with Crippen LogP contribution in [0.3, 0.4) is 0 Å². The van der Waals surface area contributed by atoms with Crippen LogP contribution in [0.25, 0.3) is 0 Å². The summed E-state index contributed by atoms with van der Waals surface area (Å²) in [6.45, 7) is 1.28. The fourth-order valence-corrected chi connectivity index (χ4v) is 3.71. The highest BCUT2D eigenvalue weighted by Crippen LogP contribution is 2.42. The zero-order chi connectivity index (χ0) is 10.4. The zero-order valence-corrected chi connectivity index (χ0v) is 9.69. The molecule has 0 aromatic rings. The van der Waals surface area contributed by atoms with Crippen molar-refractivity contribution in [2.75, 3.05) is 20.6 Å². The van der Waals surface area contributed by atoms with Crippen LogP contribution in [0.5, 0.6) is 0 Å². The molecule has 0 bridgehead atoms. The topological polar surface area (TPSA) is 6.48 Å². The van der Waals surface area contributed by atoms with Crippen LogP contribution in [0.2, 0.25) is 0 Å². The van der Waals surface area contributed by atoms with Crippen molar-refractivity contribution in [1.29, 1.82) is 0 Å². The molecule has 3 aliphatic rings. The van der Waals surface area contributed by atoms with Gasteiger partial charge in [-0.15, -0.1) is 0 Å². The summed E-state index contributed by atoms with van der Waals surface area (Å²) in [6, 6.07) is 1.42. The van der Waals surface area contributed by atoms with Gasteiger partial charge in [0, 0.05) is 13.1 Å². The Kier molecular flexibility index (Phi) is 2.13. The molecule has 2 nitrogen and oxygen atoms in total. The highest BCUT2D eigenvalue weighted by atomic mass is 15.2. The Morgan fingerprint density at radius 3 is 3.07 bits per heavy atom. The molecule has 0 amide bonds. The van der Waals surface area contributed by atoms with Gasteiger partial charge in [-0.2, -0.15) is 0 Å². The van der Waals surface area contributed by atoms with E-state index >= 15 is 0 Å². The van der Waals surface area contributed by atoms with Crippen LogP contribution in [0, 0.1) is 5.92 Å². The van der Waals surface area contributed by atoms with E-state index in [9.17, 15) is 0 Å². The van der Waals surface area contributed by atoms with Gasteiger partial charge in [-0.05, 0) is 56.6 Å². The van der Waals surface area contributed by atoms with E-state index in [4.69, 9.17) is 0 Å². The number of piperidine rings is 1. The molecule has 0 aromatic carbocycles. The predicted octanol–water partition coefficient (Wildman–Crippen LogP) is 1.85. The summed E-state index contributed by atoms with van der Waals surface area (Å²) in [6.07, 6.45) is 10.9. The highest BCUT2D eigenvalue weighted by Gasteiger charge is 2.44. The van der Waals surface area contributed by atoms with Crippen LogP contribution in [0.1, 0.15) is 19.3 Å². The molecule has 3 atom stereocenters. The first-order valence-corrected chi connectivity index (χ1v) is 6.07. The van der Waals surface area contributed by atoms with E-state index in [0.29, 0.717) is 6.04 Å². The average Bonchev–Trinajstić information content (AvgIpc) is 2.58. The van der Waals surface area contributed by atoms with Crippen molar-refractivity contribution in [2.24, 2.45) is 5.92 Å². The van der Waals surface area contributed by atoms with Crippen LogP contribution in [0.4, 0.5) is 0 Å². The second-order valence-electron chi connectivity index (χ2n) is 5.27. The molecule has 0 N–H and O–H groups in total. The van der Waals surface area contributed by atoms with Gasteiger partial charge >= 0.3 is 0 Å². The maximum Gasteiger partial charge on any atom is 0.0655 e. The molecular formula is C13H20N2. The first-order chi connectivity index (χ1) is 7.27. The highest BCUT2D eigenvalue weighted by molar-refractivity contribution is 5.31. The molecule has 2 fully saturated rings. The molecular weight excluding hydrogens is 184 g/mol. The second-order valence-corrected chi connectivity index (χ2v) is 5.27. The Labute approximate surface area is 92.2 Å². The third-order valence-electron chi connectivity index (χ3n) is 4.35. The van der Waals surface area contributed by atoms with Gasteiger partial charge < -0.3 is 9.80 Å². The largest absolute Gasteiger partial charge is 0.372 e. The summed E-state index contributed by atoms with van der Waals surface area (Å²) in [4.78, 5) is 4.98. The maximum absolute atomic E-state index is 2.58. The van der Waals surface area contributed by atoms with Crippen LogP contribution < -0.4 is 0 Å². The van der Waals surface area contributed by atoms with Crippen molar-refractivity contribution in [1.82, 2.24) is 9.80 Å². The molecule has 0 radical (unpaired) electrons. The van der Waals surface area contributed by atoms with E-state index in [-0.39, 0.29) is 0 Å². The number of fused-ring (bicyclic) bond motifs is 3. The molecule has 3 rings (SSSR count). The molecule has 0 aromatic heterocycles. The number of hydrogen-bond acceptors (Lipinski definition) is 2. The van der Waals surface area contributed by atoms with Gasteiger partial charge in [-0.1, -0.05) is 6.08 Å². The number of likely N-dealkylation sites (N-methyl/N-ethyl adjacent to an activating group) is 2. The lowest BCUT2D eigenvalue weighted by atomic mass is 9.91. The van der Waals surface area contributed by atoms with Gasteiger partial charge in [0.15, 0.2) is 0 Å². The lowest BCUT2D eigenvalue weighted by Gasteiger charge is -2.41. The van der Waals surface area contributed by atoms with E-state index in [1.54, 1.807) is 5.57 Å². The normalized spacial score (nSPS) is 40.0. The summed E-state index contributed by atoms with van der Waals surface area (Å²) in [5, 5.41) is 0. The number of nitrogens with zero attached hydrogens (tertiary/aromatic N) is 2. The van der Waals surface area contributed by atoms with Crippen LogP contribution in [-0.4, -0.2) is 42.5 Å². The Hall–Kier alpha value is -0.760. The molecule has 2 heterocycles. The Balaban J connectivity index is 1.93. The summed E-state index contributed by atoms with van der Waals surface area (Å²) >= 11 is 0. The van der Waals surface area contributed by atoms with Gasteiger partial charge in [-0.3, -0.25) is 0 Å². The molecule has 1 saturated heterocycles. The third-order valence-corrected chi connectivity index (χ3v) is 4.35. The van der Waals surface area contributed by atoms with E-state index in [2.05, 4.69) is 42.2 Å². The Morgan fingerprint density at radius 2 is 2.20 bits per heavy atom. The monoisotopic (exact) mass is 204 g/mol. The summed E-state index contributed by atoms with van der Waals surface area (Å²) in [5.74, 6) is 0.905. The molecule has 2 heteroatoms. The number of allylic oxidation sites excluding steroid dienone is 2. The lowest BCUT2D eigenvalue weighted by Crippen LogP contribution is -2.50. The molecule has 1 saturated carbocycles. The summed E-state index contributed by atoms with van der Waals surface area (Å²) in [7, 11) is 4.52. The van der Waals surface area contributed by atoms with Gasteiger partial charge in [0.05, 0.1) is 6.04 Å². The van der Waals surface area contributed by atoms with Crippen molar-refractivity contribution in [3.05, 3.63) is 23.9 Å². The lowest BCUT2D eigenvalue weighted by molar-refractivity contribution is 0.101. The standard InChI is InChI=1S/C13H20N2/c1-14-7-3-5-10-9-11-6-4-8-15(2)13(11)12(10)14/h3,5,7,11-13H,4,6,8-9H2,1-2H3. The van der Waals surface area contributed by atoms with Gasteiger partial charge in [0.25, 0.3) is 0 Å². The quantitative estimate of drug-likeness (QED) is 0.594. The van der Waals surface area contributed by atoms with Gasteiger partial charge in [0.2, 0.25) is 0 Å². The number of rotatable bonds is 0. The molecule has 82 valence electrons. The van der Waals surface area contributed by atoms with Crippen molar-refractivity contribution < 1.29 is 0 Å². The molecule has 2 aliphatic heterocycles. The van der Waals surface area contributed by atoms with Crippen molar-refractivity contribution >= 4 is 0 Å². The van der Waals surface area contributed by atoms with E-state index < -0.39 is 0 Å². The number of likely N-dealkylation sites (tertiary alicyclic amines) is 1. The first kappa shape index (κ1) is 9.46. The van der Waals surface area contributed by atoms with Crippen molar-refractivity contribution in [3.63, 3.8) is 0 Å². The summed E-state index contributed by atoms with van der Waals surface area (Å²) in [5.41, 5.74) is 1.66. The molecule has 15 heavy (non-hydrogen) atoms. The molecule has 0 spiro atoms. The SMILES string of the molecule is CN1C=CC=C2CC3CCCN(C)C3C21. The van der Waals surface area contributed by atoms with Gasteiger partial charge in [-0.25, -0.2) is 0 Å². The van der Waals surface area contributed by atoms with Crippen molar-refractivity contribution in [3.8, 4) is 0 Å². The fourth-order valence-electron chi connectivity index (χ4n) is 3.71. The minimum Gasteiger partial charge on any atom is -0.372 e. The smallest absolute Gasteiger partial charge is 0.0655 e. The fraction of sp³-hybridized carbons (Fsp3) is 0.692. The maximum atomic E-state index is 2.58. The van der Waals surface area contributed by atoms with Gasteiger partial charge in [0.1, 0.15) is 0 Å². The first-order valence-electron chi connectivity index (χ1n) is 6.07.